The van der Waals surface area contributed by atoms with E-state index >= 15 is 0 Å². The normalized spacial score (nSPS) is 14.5. The van der Waals surface area contributed by atoms with E-state index in [1.54, 1.807) is 0 Å². The Hall–Kier alpha value is -6.36. The fourth-order valence-corrected chi connectivity index (χ4v) is 14.8. The highest BCUT2D eigenvalue weighted by Gasteiger charge is 2.51. The van der Waals surface area contributed by atoms with Gasteiger partial charge in [-0.25, -0.2) is 9.97 Å². The number of aromatic nitrogens is 3. The summed E-state index contributed by atoms with van der Waals surface area (Å²) in [5.74, 6) is 0.697. The van der Waals surface area contributed by atoms with Gasteiger partial charge < -0.3 is 0 Å². The van der Waals surface area contributed by atoms with Gasteiger partial charge in [-0.15, -0.1) is 0 Å². The highest BCUT2D eigenvalue weighted by Crippen LogP contribution is 2.51. The molecule has 1 aliphatic heterocycles. The molecule has 3 heterocycles. The molecule has 0 unspecified atom stereocenters. The molecule has 0 radical (unpaired) electrons. The molecule has 0 amide bonds. The maximum Gasteiger partial charge on any atom is 0.235 e. The van der Waals surface area contributed by atoms with Crippen LogP contribution < -0.4 is 20.7 Å². The second kappa shape index (κ2) is 11.1. The summed E-state index contributed by atoms with van der Waals surface area (Å²) in [6, 6.07) is 64.5. The number of benzene rings is 7. The molecular weight excluding hydrogens is 659 g/mol. The lowest BCUT2D eigenvalue weighted by Crippen LogP contribution is -2.73. The highest BCUT2D eigenvalue weighted by molar-refractivity contribution is 7.22. The summed E-state index contributed by atoms with van der Waals surface area (Å²) in [4.78, 5) is 11.5. The molecule has 0 bridgehead atoms. The molecule has 2 aromatic heterocycles. The van der Waals surface area contributed by atoms with Gasteiger partial charge >= 0.3 is 0 Å². The van der Waals surface area contributed by atoms with Crippen molar-refractivity contribution in [2.45, 2.75) is 19.3 Å². The van der Waals surface area contributed by atoms with Crippen LogP contribution in [0.15, 0.2) is 176 Å². The number of nitrogens with zero attached hydrogens (tertiary/aromatic N) is 3. The van der Waals surface area contributed by atoms with Gasteiger partial charge in [0.2, 0.25) is 5.95 Å². The zero-order chi connectivity index (χ0) is 35.3. The first-order valence-corrected chi connectivity index (χ1v) is 20.4. The molecule has 11 rings (SSSR count). The summed E-state index contributed by atoms with van der Waals surface area (Å²) >= 11 is 0. The SMILES string of the molecule is CC1(C)c2ccccc2-c2cc3c4ccccc4n(-c4nc(-c5ccccc5)c5c(n4)-c4ccccc4[Si]5(c4ccccc4)c4ccccc4)c3cc21. The van der Waals surface area contributed by atoms with Crippen molar-refractivity contribution in [2.24, 2.45) is 0 Å². The minimum Gasteiger partial charge on any atom is -0.278 e. The first-order chi connectivity index (χ1) is 26.1. The second-order valence-electron chi connectivity index (χ2n) is 14.9. The predicted molar refractivity (Wildman–Crippen MR) is 222 cm³/mol. The van der Waals surface area contributed by atoms with E-state index in [0.717, 1.165) is 28.0 Å². The molecule has 0 N–H and O–H groups in total. The molecule has 250 valence electrons. The van der Waals surface area contributed by atoms with Crippen molar-refractivity contribution < 1.29 is 0 Å². The third-order valence-electron chi connectivity index (χ3n) is 11.9. The van der Waals surface area contributed by atoms with Crippen LogP contribution in [-0.2, 0) is 5.41 Å². The van der Waals surface area contributed by atoms with Gasteiger partial charge in [-0.1, -0.05) is 172 Å². The van der Waals surface area contributed by atoms with E-state index in [2.05, 4.69) is 194 Å². The molecule has 1 aliphatic carbocycles. The van der Waals surface area contributed by atoms with E-state index in [9.17, 15) is 0 Å². The number of hydrogen-bond acceptors (Lipinski definition) is 2. The van der Waals surface area contributed by atoms with Gasteiger partial charge in [0.25, 0.3) is 0 Å². The first-order valence-electron chi connectivity index (χ1n) is 18.4. The topological polar surface area (TPSA) is 30.7 Å². The zero-order valence-corrected chi connectivity index (χ0v) is 30.6. The standard InChI is InChI=1S/C49H35N3Si/c1-49(2)40-27-15-12-24-35(40)38-30-39-36-25-13-16-28-42(36)52(43(39)31-41(38)49)48-50-45(32-18-6-3-7-19-32)47-46(51-48)37-26-14-17-29-44(37)53(47,33-20-8-4-9-21-33)34-22-10-5-11-23-34/h3-31H,1-2H3. The average Bonchev–Trinajstić information content (AvgIpc) is 3.79. The Morgan fingerprint density at radius 1 is 0.472 bits per heavy atom. The molecule has 4 heteroatoms. The summed E-state index contributed by atoms with van der Waals surface area (Å²) in [5, 5.41) is 7.70. The van der Waals surface area contributed by atoms with Crippen molar-refractivity contribution >= 4 is 50.6 Å². The maximum atomic E-state index is 5.74. The Labute approximate surface area is 309 Å². The first kappa shape index (κ1) is 30.3. The van der Waals surface area contributed by atoms with Crippen molar-refractivity contribution in [2.75, 3.05) is 0 Å². The molecule has 9 aromatic rings. The minimum atomic E-state index is -2.87. The van der Waals surface area contributed by atoms with Crippen LogP contribution in [-0.4, -0.2) is 22.6 Å². The van der Waals surface area contributed by atoms with Crippen LogP contribution in [0, 0.1) is 0 Å². The van der Waals surface area contributed by atoms with Crippen LogP contribution in [0.1, 0.15) is 25.0 Å². The van der Waals surface area contributed by atoms with Crippen molar-refractivity contribution in [1.29, 1.82) is 0 Å². The van der Waals surface area contributed by atoms with Crippen molar-refractivity contribution in [3.8, 4) is 39.6 Å². The fraction of sp³-hybridized carbons (Fsp3) is 0.0612. The van der Waals surface area contributed by atoms with Crippen molar-refractivity contribution in [1.82, 2.24) is 14.5 Å². The Kier molecular flexibility index (Phi) is 6.32. The van der Waals surface area contributed by atoms with Crippen LogP contribution >= 0.6 is 0 Å². The van der Waals surface area contributed by atoms with Gasteiger partial charge in [0.05, 0.1) is 22.4 Å². The number of rotatable bonds is 4. The van der Waals surface area contributed by atoms with Crippen LogP contribution in [0.5, 0.6) is 0 Å². The van der Waals surface area contributed by atoms with Crippen LogP contribution in [0.4, 0.5) is 0 Å². The van der Waals surface area contributed by atoms with Crippen LogP contribution in [0.25, 0.3) is 61.4 Å². The Bertz CT molecular complexity index is 2870. The van der Waals surface area contributed by atoms with E-state index < -0.39 is 8.07 Å². The minimum absolute atomic E-state index is 0.134. The number of hydrogen-bond donors (Lipinski definition) is 0. The van der Waals surface area contributed by atoms with Crippen LogP contribution in [0.2, 0.25) is 0 Å². The summed E-state index contributed by atoms with van der Waals surface area (Å²) in [6.45, 7) is 4.70. The fourth-order valence-electron chi connectivity index (χ4n) is 9.58. The van der Waals surface area contributed by atoms with E-state index in [4.69, 9.17) is 9.97 Å². The zero-order valence-electron chi connectivity index (χ0n) is 29.6. The van der Waals surface area contributed by atoms with Gasteiger partial charge in [0.1, 0.15) is 0 Å². The van der Waals surface area contributed by atoms with E-state index in [1.165, 1.54) is 59.3 Å². The average molecular weight is 694 g/mol. The molecule has 0 fully saturated rings. The molecule has 7 aromatic carbocycles. The van der Waals surface area contributed by atoms with Gasteiger partial charge in [-0.05, 0) is 56.0 Å². The number of para-hydroxylation sites is 1. The smallest absolute Gasteiger partial charge is 0.235 e. The Morgan fingerprint density at radius 2 is 1.06 bits per heavy atom. The monoisotopic (exact) mass is 693 g/mol. The summed E-state index contributed by atoms with van der Waals surface area (Å²) in [7, 11) is -2.87. The number of fused-ring (bicyclic) bond motifs is 9. The van der Waals surface area contributed by atoms with E-state index in [0.29, 0.717) is 5.95 Å². The molecule has 0 atom stereocenters. The third kappa shape index (κ3) is 4.04. The Morgan fingerprint density at radius 3 is 1.79 bits per heavy atom. The summed E-state index contributed by atoms with van der Waals surface area (Å²) < 4.78 is 2.33. The molecule has 0 saturated carbocycles. The maximum absolute atomic E-state index is 5.74. The quantitative estimate of drug-likeness (QED) is 0.173. The lowest BCUT2D eigenvalue weighted by Gasteiger charge is -2.32. The lowest BCUT2D eigenvalue weighted by molar-refractivity contribution is 0.661. The Balaban J connectivity index is 1.29. The molecule has 3 nitrogen and oxygen atoms in total. The van der Waals surface area contributed by atoms with Crippen molar-refractivity contribution in [3.05, 3.63) is 187 Å². The molecule has 0 saturated heterocycles. The predicted octanol–water partition coefficient (Wildman–Crippen LogP) is 8.90. The molecule has 0 spiro atoms. The lowest BCUT2D eigenvalue weighted by atomic mass is 9.82. The third-order valence-corrected chi connectivity index (χ3v) is 16.8. The molecular formula is C49H35N3Si. The van der Waals surface area contributed by atoms with Crippen LogP contribution in [0.3, 0.4) is 0 Å². The molecule has 53 heavy (non-hydrogen) atoms. The van der Waals surface area contributed by atoms with E-state index in [-0.39, 0.29) is 5.41 Å². The largest absolute Gasteiger partial charge is 0.278 e. The summed E-state index contributed by atoms with van der Waals surface area (Å²) in [5.41, 5.74) is 11.8. The summed E-state index contributed by atoms with van der Waals surface area (Å²) in [6.07, 6.45) is 0. The second-order valence-corrected chi connectivity index (χ2v) is 18.6. The van der Waals surface area contributed by atoms with Gasteiger partial charge in [0, 0.05) is 32.5 Å². The van der Waals surface area contributed by atoms with Gasteiger partial charge in [-0.2, -0.15) is 0 Å². The van der Waals surface area contributed by atoms with Crippen molar-refractivity contribution in [3.63, 3.8) is 0 Å². The van der Waals surface area contributed by atoms with E-state index in [1.807, 2.05) is 0 Å². The van der Waals surface area contributed by atoms with Gasteiger partial charge in [0.15, 0.2) is 8.07 Å². The molecule has 2 aliphatic rings. The highest BCUT2D eigenvalue weighted by atomic mass is 28.3. The van der Waals surface area contributed by atoms with Gasteiger partial charge in [-0.3, -0.25) is 4.57 Å².